The van der Waals surface area contributed by atoms with E-state index in [1.54, 1.807) is 12.5 Å². The van der Waals surface area contributed by atoms with E-state index in [-0.39, 0.29) is 0 Å². The summed E-state index contributed by atoms with van der Waals surface area (Å²) in [5.74, 6) is 0. The molecule has 1 N–H and O–H groups in total. The molecule has 0 spiro atoms. The van der Waals surface area contributed by atoms with E-state index >= 15 is 0 Å². The van der Waals surface area contributed by atoms with Crippen molar-refractivity contribution in [3.8, 4) is 0 Å². The third kappa shape index (κ3) is 2.93. The lowest BCUT2D eigenvalue weighted by Gasteiger charge is -2.19. The number of likely N-dealkylation sites (N-methyl/N-ethyl adjacent to an activating group) is 1. The van der Waals surface area contributed by atoms with Gasteiger partial charge in [-0.25, -0.2) is 0 Å². The molecule has 0 aliphatic heterocycles. The van der Waals surface area contributed by atoms with Gasteiger partial charge in [-0.05, 0) is 42.8 Å². The van der Waals surface area contributed by atoms with E-state index in [1.165, 1.54) is 16.8 Å². The summed E-state index contributed by atoms with van der Waals surface area (Å²) in [4.78, 5) is 2.12. The van der Waals surface area contributed by atoms with Crippen LogP contribution in [0.25, 0.3) is 0 Å². The van der Waals surface area contributed by atoms with Crippen molar-refractivity contribution in [2.45, 2.75) is 12.5 Å². The molecule has 2 rings (SSSR count). The summed E-state index contributed by atoms with van der Waals surface area (Å²) in [6.45, 7) is 0. The number of nitrogens with zero attached hydrogens (tertiary/aromatic N) is 1. The summed E-state index contributed by atoms with van der Waals surface area (Å²) in [5, 5.41) is 3.36. The maximum Gasteiger partial charge on any atom is 0.0935 e. The maximum absolute atomic E-state index is 5.12. The van der Waals surface area contributed by atoms with Gasteiger partial charge in [0.1, 0.15) is 0 Å². The van der Waals surface area contributed by atoms with Gasteiger partial charge in [-0.15, -0.1) is 0 Å². The summed E-state index contributed by atoms with van der Waals surface area (Å²) in [6.07, 6.45) is 4.46. The minimum Gasteiger partial charge on any atom is -0.472 e. The highest BCUT2D eigenvalue weighted by atomic mass is 16.3. The largest absolute Gasteiger partial charge is 0.472 e. The second kappa shape index (κ2) is 5.74. The van der Waals surface area contributed by atoms with Gasteiger partial charge in [0, 0.05) is 25.8 Å². The predicted molar refractivity (Wildman–Crippen MR) is 75.0 cm³/mol. The van der Waals surface area contributed by atoms with Crippen molar-refractivity contribution in [3.05, 3.63) is 54.0 Å². The van der Waals surface area contributed by atoms with Crippen molar-refractivity contribution in [2.75, 3.05) is 26.0 Å². The number of hydrogen-bond donors (Lipinski definition) is 1. The molecule has 0 radical (unpaired) electrons. The van der Waals surface area contributed by atoms with Crippen LogP contribution in [0.15, 0.2) is 47.3 Å². The average Bonchev–Trinajstić information content (AvgIpc) is 2.89. The van der Waals surface area contributed by atoms with Gasteiger partial charge in [0.25, 0.3) is 0 Å². The number of nitrogens with one attached hydrogen (secondary N) is 1. The van der Waals surface area contributed by atoms with Crippen LogP contribution in [0.2, 0.25) is 0 Å². The molecule has 0 bridgehead atoms. The fraction of sp³-hybridized carbons (Fsp3) is 0.333. The van der Waals surface area contributed by atoms with Crippen molar-refractivity contribution in [1.29, 1.82) is 0 Å². The third-order valence-corrected chi connectivity index (χ3v) is 3.16. The molecule has 0 aliphatic rings. The zero-order valence-corrected chi connectivity index (χ0v) is 11.2. The first-order valence-electron chi connectivity index (χ1n) is 6.16. The Kier molecular flexibility index (Phi) is 4.05. The Morgan fingerprint density at radius 2 is 2.11 bits per heavy atom. The summed E-state index contributed by atoms with van der Waals surface area (Å²) in [5.41, 5.74) is 3.73. The monoisotopic (exact) mass is 244 g/mol. The molecule has 0 saturated carbocycles. The molecule has 96 valence electrons. The first-order valence-corrected chi connectivity index (χ1v) is 6.16. The maximum atomic E-state index is 5.12. The van der Waals surface area contributed by atoms with Crippen LogP contribution >= 0.6 is 0 Å². The second-order valence-corrected chi connectivity index (χ2v) is 4.67. The van der Waals surface area contributed by atoms with E-state index in [0.717, 1.165) is 6.42 Å². The Balaban J connectivity index is 2.19. The summed E-state index contributed by atoms with van der Waals surface area (Å²) >= 11 is 0. The Bertz CT molecular complexity index is 477. The topological polar surface area (TPSA) is 28.4 Å². The fourth-order valence-corrected chi connectivity index (χ4v) is 2.05. The molecule has 0 aliphatic carbocycles. The first kappa shape index (κ1) is 12.7. The molecule has 1 aromatic heterocycles. The van der Waals surface area contributed by atoms with Crippen LogP contribution in [0.4, 0.5) is 5.69 Å². The quantitative estimate of drug-likeness (QED) is 0.876. The normalized spacial score (nSPS) is 12.4. The Labute approximate surface area is 108 Å². The van der Waals surface area contributed by atoms with Crippen molar-refractivity contribution in [2.24, 2.45) is 0 Å². The highest BCUT2D eigenvalue weighted by Crippen LogP contribution is 2.22. The SMILES string of the molecule is CNC(Cc1ccoc1)c1cccc(N(C)C)c1. The van der Waals surface area contributed by atoms with Crippen molar-refractivity contribution >= 4 is 5.69 Å². The number of anilines is 1. The molecular weight excluding hydrogens is 224 g/mol. The third-order valence-electron chi connectivity index (χ3n) is 3.16. The van der Waals surface area contributed by atoms with E-state index < -0.39 is 0 Å². The standard InChI is InChI=1S/C15H20N2O/c1-16-15(9-12-7-8-18-11-12)13-5-4-6-14(10-13)17(2)3/h4-8,10-11,15-16H,9H2,1-3H3. The van der Waals surface area contributed by atoms with E-state index in [0.29, 0.717) is 6.04 Å². The van der Waals surface area contributed by atoms with Crippen LogP contribution in [0.5, 0.6) is 0 Å². The number of rotatable bonds is 5. The average molecular weight is 244 g/mol. The zero-order chi connectivity index (χ0) is 13.0. The van der Waals surface area contributed by atoms with Crippen LogP contribution in [0.3, 0.4) is 0 Å². The Morgan fingerprint density at radius 3 is 2.72 bits per heavy atom. The Hall–Kier alpha value is -1.74. The predicted octanol–water partition coefficient (Wildman–Crippen LogP) is 2.85. The second-order valence-electron chi connectivity index (χ2n) is 4.67. The van der Waals surface area contributed by atoms with Gasteiger partial charge in [-0.1, -0.05) is 12.1 Å². The molecule has 1 heterocycles. The summed E-state index contributed by atoms with van der Waals surface area (Å²) in [7, 11) is 6.11. The van der Waals surface area contributed by atoms with Gasteiger partial charge < -0.3 is 14.6 Å². The molecule has 2 aromatic rings. The minimum absolute atomic E-state index is 0.308. The number of hydrogen-bond acceptors (Lipinski definition) is 3. The molecule has 3 heteroatoms. The lowest BCUT2D eigenvalue weighted by atomic mass is 10.00. The van der Waals surface area contributed by atoms with Crippen LogP contribution in [0.1, 0.15) is 17.2 Å². The highest BCUT2D eigenvalue weighted by Gasteiger charge is 2.11. The zero-order valence-electron chi connectivity index (χ0n) is 11.2. The van der Waals surface area contributed by atoms with Crippen molar-refractivity contribution in [1.82, 2.24) is 5.32 Å². The van der Waals surface area contributed by atoms with E-state index in [4.69, 9.17) is 4.42 Å². The van der Waals surface area contributed by atoms with Crippen LogP contribution in [-0.2, 0) is 6.42 Å². The molecule has 0 saturated heterocycles. The lowest BCUT2D eigenvalue weighted by molar-refractivity contribution is 0.551. The molecule has 1 aromatic carbocycles. The summed E-state index contributed by atoms with van der Waals surface area (Å²) in [6, 6.07) is 10.9. The number of furan rings is 1. The molecule has 0 amide bonds. The molecule has 1 unspecified atom stereocenters. The van der Waals surface area contributed by atoms with E-state index in [9.17, 15) is 0 Å². The van der Waals surface area contributed by atoms with E-state index in [1.807, 2.05) is 13.1 Å². The van der Waals surface area contributed by atoms with E-state index in [2.05, 4.69) is 48.6 Å². The fourth-order valence-electron chi connectivity index (χ4n) is 2.05. The van der Waals surface area contributed by atoms with Gasteiger partial charge in [-0.2, -0.15) is 0 Å². The van der Waals surface area contributed by atoms with Gasteiger partial charge in [0.05, 0.1) is 12.5 Å². The van der Waals surface area contributed by atoms with Gasteiger partial charge in [0.15, 0.2) is 0 Å². The molecular formula is C15H20N2O. The lowest BCUT2D eigenvalue weighted by Crippen LogP contribution is -2.19. The Morgan fingerprint density at radius 1 is 1.28 bits per heavy atom. The smallest absolute Gasteiger partial charge is 0.0935 e. The van der Waals surface area contributed by atoms with Crippen molar-refractivity contribution in [3.63, 3.8) is 0 Å². The molecule has 0 fully saturated rings. The van der Waals surface area contributed by atoms with Crippen LogP contribution in [-0.4, -0.2) is 21.1 Å². The van der Waals surface area contributed by atoms with Gasteiger partial charge in [0.2, 0.25) is 0 Å². The van der Waals surface area contributed by atoms with Crippen LogP contribution in [0, 0.1) is 0 Å². The molecule has 1 atom stereocenters. The number of benzene rings is 1. The highest BCUT2D eigenvalue weighted by molar-refractivity contribution is 5.48. The van der Waals surface area contributed by atoms with Crippen molar-refractivity contribution < 1.29 is 4.42 Å². The minimum atomic E-state index is 0.308. The molecule has 18 heavy (non-hydrogen) atoms. The molecule has 3 nitrogen and oxygen atoms in total. The van der Waals surface area contributed by atoms with Crippen LogP contribution < -0.4 is 10.2 Å². The van der Waals surface area contributed by atoms with Gasteiger partial charge >= 0.3 is 0 Å². The van der Waals surface area contributed by atoms with Gasteiger partial charge in [-0.3, -0.25) is 0 Å². The summed E-state index contributed by atoms with van der Waals surface area (Å²) < 4.78 is 5.12. The first-order chi connectivity index (χ1) is 8.70.